The highest BCUT2D eigenvalue weighted by Gasteiger charge is 2.59. The van der Waals surface area contributed by atoms with E-state index in [2.05, 4.69) is 116 Å². The molecule has 0 bridgehead atoms. The predicted octanol–water partition coefficient (Wildman–Crippen LogP) is 15.6. The second-order valence-corrected chi connectivity index (χ2v) is 32.9. The zero-order chi connectivity index (χ0) is 72.8. The summed E-state index contributed by atoms with van der Waals surface area (Å²) >= 11 is 3.22. The number of hydrogen-bond acceptors (Lipinski definition) is 11. The zero-order valence-electron chi connectivity index (χ0n) is 60.7. The second kappa shape index (κ2) is 31.1. The Morgan fingerprint density at radius 1 is 0.413 bits per heavy atom. The SMILES string of the molecule is C.CC1(C)OB(c2ccc(C3CC34CCN(C(=O)[C@H]3CCCO3)CC4)cc2)OC1(C)C.Cc1cc(Br)cc(C(=O)O)c1.Cc1cc(C(=O)O)cc(-c2ccc([C@@H]3CC34CCN(C(=O)[C@H]3CCCO3)CC4)cc2)c1.Cc1cc(C(=O)O)cc(-c2ccc([C@H]3CC34CCN(C(=O)[C@H]3CCCO3)CC4)cc2)c1. The number of carbonyl (C=O) groups is 6. The highest BCUT2D eigenvalue weighted by Crippen LogP contribution is 2.67. The molecule has 7 saturated heterocycles. The third-order valence-electron chi connectivity index (χ3n) is 24.5. The Morgan fingerprint density at radius 3 is 1.00 bits per heavy atom. The molecule has 7 heterocycles. The Hall–Kier alpha value is -7.52. The normalized spacial score (nSPS) is 24.6. The Morgan fingerprint density at radius 2 is 0.712 bits per heavy atom. The molecule has 10 aliphatic rings. The molecule has 6 aromatic carbocycles. The second-order valence-electron chi connectivity index (χ2n) is 31.9. The van der Waals surface area contributed by atoms with Gasteiger partial charge in [0.1, 0.15) is 18.3 Å². The number of ether oxygens (including phenoxy) is 3. The van der Waals surface area contributed by atoms with Crippen molar-refractivity contribution in [2.24, 2.45) is 16.2 Å². The van der Waals surface area contributed by atoms with Crippen molar-refractivity contribution < 1.29 is 67.6 Å². The van der Waals surface area contributed by atoms with Crippen molar-refractivity contribution in [3.8, 4) is 22.3 Å². The van der Waals surface area contributed by atoms with Gasteiger partial charge in [-0.3, -0.25) is 14.4 Å². The largest absolute Gasteiger partial charge is 0.494 e. The maximum absolute atomic E-state index is 12.6. The number of aryl methyl sites for hydroxylation is 3. The molecule has 0 radical (unpaired) electrons. The summed E-state index contributed by atoms with van der Waals surface area (Å²) < 4.78 is 29.9. The Balaban J connectivity index is 0.000000136. The molecule has 16 rings (SSSR count). The number of nitrogens with zero attached hydrogens (tertiary/aromatic N) is 3. The number of hydrogen-bond donors (Lipinski definition) is 3. The van der Waals surface area contributed by atoms with Gasteiger partial charge in [0.15, 0.2) is 0 Å². The summed E-state index contributed by atoms with van der Waals surface area (Å²) in [5.74, 6) is -0.356. The summed E-state index contributed by atoms with van der Waals surface area (Å²) in [5.41, 5.74) is 13.4. The molecule has 3 amide bonds. The fraction of sp³-hybridized carbons (Fsp3) is 0.506. The monoisotopic (exact) mass is 1480 g/mol. The first-order chi connectivity index (χ1) is 49.2. The average Bonchev–Trinajstić information content (AvgIpc) is 1.59. The van der Waals surface area contributed by atoms with Gasteiger partial charge in [0, 0.05) is 63.6 Å². The van der Waals surface area contributed by atoms with Crippen molar-refractivity contribution in [1.29, 1.82) is 0 Å². The van der Waals surface area contributed by atoms with Crippen LogP contribution in [-0.2, 0) is 37.9 Å². The van der Waals surface area contributed by atoms with E-state index < -0.39 is 17.9 Å². The van der Waals surface area contributed by atoms with Crippen LogP contribution in [0, 0.1) is 37.0 Å². The lowest BCUT2D eigenvalue weighted by molar-refractivity contribution is -0.143. The van der Waals surface area contributed by atoms with Crippen molar-refractivity contribution in [1.82, 2.24) is 14.7 Å². The maximum Gasteiger partial charge on any atom is 0.494 e. The number of carbonyl (C=O) groups excluding carboxylic acids is 3. The fourth-order valence-electron chi connectivity index (χ4n) is 17.2. The molecule has 3 aliphatic carbocycles. The number of likely N-dealkylation sites (tertiary alicyclic amines) is 3. The van der Waals surface area contributed by atoms with E-state index in [-0.39, 0.29) is 61.8 Å². The topological polar surface area (TPSA) is 219 Å². The minimum absolute atomic E-state index is 0. The van der Waals surface area contributed by atoms with Crippen LogP contribution >= 0.6 is 15.9 Å². The minimum Gasteiger partial charge on any atom is -0.478 e. The first-order valence-corrected chi connectivity index (χ1v) is 38.1. The highest BCUT2D eigenvalue weighted by molar-refractivity contribution is 9.10. The average molecular weight is 1480 g/mol. The molecule has 6 aromatic rings. The summed E-state index contributed by atoms with van der Waals surface area (Å²) in [5, 5.41) is 27.3. The Labute approximate surface area is 622 Å². The van der Waals surface area contributed by atoms with E-state index in [4.69, 9.17) is 28.6 Å². The van der Waals surface area contributed by atoms with E-state index in [1.807, 2.05) is 53.7 Å². The lowest BCUT2D eigenvalue weighted by Crippen LogP contribution is -2.44. The number of amides is 3. The Kier molecular flexibility index (Phi) is 22.8. The highest BCUT2D eigenvalue weighted by atomic mass is 79.9. The van der Waals surface area contributed by atoms with Gasteiger partial charge >= 0.3 is 25.0 Å². The van der Waals surface area contributed by atoms with Crippen LogP contribution in [0.4, 0.5) is 0 Å². The van der Waals surface area contributed by atoms with Crippen LogP contribution in [0.5, 0.6) is 0 Å². The van der Waals surface area contributed by atoms with Gasteiger partial charge < -0.3 is 53.5 Å². The molecule has 104 heavy (non-hydrogen) atoms. The maximum atomic E-state index is 12.6. The molecule has 552 valence electrons. The van der Waals surface area contributed by atoms with Crippen LogP contribution in [-0.4, -0.2) is 161 Å². The van der Waals surface area contributed by atoms with Crippen LogP contribution in [0.2, 0.25) is 0 Å². The quantitative estimate of drug-likeness (QED) is 0.0971. The van der Waals surface area contributed by atoms with Crippen molar-refractivity contribution in [2.75, 3.05) is 59.1 Å². The third kappa shape index (κ3) is 16.8. The number of piperidine rings is 3. The van der Waals surface area contributed by atoms with E-state index in [1.165, 1.54) is 36.0 Å². The summed E-state index contributed by atoms with van der Waals surface area (Å²) in [6, 6.07) is 42.1. The van der Waals surface area contributed by atoms with E-state index in [0.717, 1.165) is 172 Å². The first-order valence-electron chi connectivity index (χ1n) is 37.3. The molecule has 17 nitrogen and oxygen atoms in total. The summed E-state index contributed by atoms with van der Waals surface area (Å²) in [7, 11) is -0.302. The molecule has 6 atom stereocenters. The molecular formula is C85H103BBrN3O14. The van der Waals surface area contributed by atoms with E-state index >= 15 is 0 Å². The number of carboxylic acids is 3. The fourth-order valence-corrected chi connectivity index (χ4v) is 17.9. The van der Waals surface area contributed by atoms with Gasteiger partial charge in [-0.05, 0) is 282 Å². The predicted molar refractivity (Wildman–Crippen MR) is 406 cm³/mol. The molecule has 3 saturated carbocycles. The van der Waals surface area contributed by atoms with Gasteiger partial charge in [-0.2, -0.15) is 0 Å². The van der Waals surface area contributed by atoms with Crippen molar-refractivity contribution in [2.45, 2.75) is 199 Å². The van der Waals surface area contributed by atoms with Crippen LogP contribution < -0.4 is 5.46 Å². The molecule has 7 aliphatic heterocycles. The van der Waals surface area contributed by atoms with Gasteiger partial charge in [-0.25, -0.2) is 14.4 Å². The molecule has 0 aromatic heterocycles. The van der Waals surface area contributed by atoms with Crippen LogP contribution in [0.3, 0.4) is 0 Å². The Bertz CT molecular complexity index is 3920. The number of rotatable bonds is 12. The van der Waals surface area contributed by atoms with E-state index in [0.29, 0.717) is 63.9 Å². The molecule has 1 unspecified atom stereocenters. The number of aromatic carboxylic acids is 3. The summed E-state index contributed by atoms with van der Waals surface area (Å²) in [4.78, 5) is 77.1. The summed E-state index contributed by atoms with van der Waals surface area (Å²) in [6.07, 6.45) is 15.1. The van der Waals surface area contributed by atoms with Crippen molar-refractivity contribution in [3.05, 3.63) is 182 Å². The molecular weight excluding hydrogens is 1380 g/mol. The van der Waals surface area contributed by atoms with Crippen LogP contribution in [0.15, 0.2) is 132 Å². The van der Waals surface area contributed by atoms with Gasteiger partial charge in [0.05, 0.1) is 27.9 Å². The van der Waals surface area contributed by atoms with Gasteiger partial charge in [-0.1, -0.05) is 108 Å². The number of halogens is 1. The van der Waals surface area contributed by atoms with E-state index in [1.54, 1.807) is 36.4 Å². The minimum atomic E-state index is -0.897. The third-order valence-corrected chi connectivity index (χ3v) is 24.9. The molecule has 3 spiro atoms. The number of benzene rings is 6. The lowest BCUT2D eigenvalue weighted by Gasteiger charge is -2.34. The van der Waals surface area contributed by atoms with Crippen LogP contribution in [0.25, 0.3) is 22.3 Å². The molecule has 10 fully saturated rings. The molecule has 19 heteroatoms. The zero-order valence-corrected chi connectivity index (χ0v) is 62.3. The molecule has 3 N–H and O–H groups in total. The number of carboxylic acid groups (broad SMARTS) is 3. The van der Waals surface area contributed by atoms with Gasteiger partial charge in [0.25, 0.3) is 17.7 Å². The van der Waals surface area contributed by atoms with Crippen molar-refractivity contribution in [3.63, 3.8) is 0 Å². The first kappa shape index (κ1) is 76.1. The standard InChI is InChI=1S/2C26H29NO4.C24H34BNO4.C8H7BrO2.CH4/c2*1-17-13-20(15-21(14-17)25(29)30)18-4-6-19(7-5-18)22-16-26(22)8-10-27(11-9-26)24(28)23-3-2-12-31-23;1-22(2)23(3,4)30-25(29-22)18-9-7-17(8-10-18)19-16-24(19)11-13-26(14-12-24)21(27)20-6-5-15-28-20;1-5-2-6(8(10)11)4-7(9)3-5;/h2*4-7,13-15,22-23H,2-3,8-12,16H2,1H3,(H,29,30);7-10,19-20H,5-6,11-16H2,1-4H3;2-4H,1H3,(H,10,11);1H4/t22-,23+;22-,23-;19?,20-;;/m011../s1. The van der Waals surface area contributed by atoms with Gasteiger partial charge in [0.2, 0.25) is 0 Å². The summed E-state index contributed by atoms with van der Waals surface area (Å²) in [6.45, 7) is 21.3. The van der Waals surface area contributed by atoms with E-state index in [9.17, 15) is 39.0 Å². The lowest BCUT2D eigenvalue weighted by atomic mass is 9.78. The van der Waals surface area contributed by atoms with Crippen molar-refractivity contribution >= 4 is 64.1 Å². The smallest absolute Gasteiger partial charge is 0.478 e. The van der Waals surface area contributed by atoms with Crippen LogP contribution in [0.1, 0.15) is 214 Å². The van der Waals surface area contributed by atoms with Gasteiger partial charge in [-0.15, -0.1) is 0 Å².